The first-order valence-corrected chi connectivity index (χ1v) is 18.0. The molecule has 0 unspecified atom stereocenters. The van der Waals surface area contributed by atoms with Gasteiger partial charge in [-0.3, -0.25) is 33.7 Å². The van der Waals surface area contributed by atoms with Crippen molar-refractivity contribution in [3.05, 3.63) is 107 Å². The van der Waals surface area contributed by atoms with Crippen molar-refractivity contribution >= 4 is 40.3 Å². The van der Waals surface area contributed by atoms with Gasteiger partial charge in [-0.2, -0.15) is 23.4 Å². The molecule has 2 N–H and O–H groups in total. The van der Waals surface area contributed by atoms with E-state index in [1.54, 1.807) is 64.6 Å². The van der Waals surface area contributed by atoms with E-state index in [1.165, 1.54) is 6.07 Å². The SMILES string of the molecule is O=C(CN1C(=O)C=CC1=O)NCCCCCCn1ncc2c(-c3cc(-c4ccc(NC(=O)N5Cc6ccncc6C5)cc4)nn(CC(F)(F)F)c3=O)cccc21. The smallest absolute Gasteiger partial charge is 0.355 e. The van der Waals surface area contributed by atoms with Gasteiger partial charge < -0.3 is 15.5 Å². The third-order valence-electron chi connectivity index (χ3n) is 9.55. The molecule has 14 nitrogen and oxygen atoms in total. The van der Waals surface area contributed by atoms with Crippen LogP contribution in [-0.4, -0.2) is 77.4 Å². The molecule has 0 fully saturated rings. The number of nitrogens with zero attached hydrogens (tertiary/aromatic N) is 7. The summed E-state index contributed by atoms with van der Waals surface area (Å²) in [5, 5.41) is 14.8. The molecule has 7 rings (SSSR count). The number of imide groups is 1. The number of hydrogen-bond donors (Lipinski definition) is 2. The van der Waals surface area contributed by atoms with Crippen molar-refractivity contribution in [2.24, 2.45) is 0 Å². The third-order valence-corrected chi connectivity index (χ3v) is 9.55. The molecule has 3 aromatic heterocycles. The molecule has 5 aromatic rings. The highest BCUT2D eigenvalue weighted by molar-refractivity contribution is 6.14. The summed E-state index contributed by atoms with van der Waals surface area (Å²) >= 11 is 0. The van der Waals surface area contributed by atoms with E-state index in [-0.39, 0.29) is 23.8 Å². The number of aromatic nitrogens is 5. The number of fused-ring (bicyclic) bond motifs is 2. The molecule has 5 heterocycles. The molecular formula is C39H36F3N9O5. The molecule has 0 spiro atoms. The Morgan fingerprint density at radius 2 is 1.57 bits per heavy atom. The monoisotopic (exact) mass is 767 g/mol. The molecule has 0 radical (unpaired) electrons. The Kier molecular flexibility index (Phi) is 10.7. The van der Waals surface area contributed by atoms with Crippen LogP contribution in [0.25, 0.3) is 33.3 Å². The lowest BCUT2D eigenvalue weighted by molar-refractivity contribution is -0.143. The summed E-state index contributed by atoms with van der Waals surface area (Å²) in [5.74, 6) is -1.44. The first kappa shape index (κ1) is 37.7. The van der Waals surface area contributed by atoms with Gasteiger partial charge in [0, 0.05) is 67.4 Å². The Labute approximate surface area is 317 Å². The van der Waals surface area contributed by atoms with Gasteiger partial charge in [-0.1, -0.05) is 37.1 Å². The van der Waals surface area contributed by atoms with Crippen LogP contribution in [0.5, 0.6) is 0 Å². The number of amides is 5. The average Bonchev–Trinajstić information content (AvgIpc) is 3.89. The quantitative estimate of drug-likeness (QED) is 0.124. The predicted molar refractivity (Wildman–Crippen MR) is 199 cm³/mol. The maximum Gasteiger partial charge on any atom is 0.408 e. The minimum absolute atomic E-state index is 0.0293. The number of unbranched alkanes of at least 4 members (excludes halogenated alkanes) is 3. The van der Waals surface area contributed by atoms with Gasteiger partial charge in [-0.05, 0) is 59.9 Å². The fourth-order valence-electron chi connectivity index (χ4n) is 6.71. The number of carbonyl (C=O) groups excluding carboxylic acids is 4. The zero-order valence-electron chi connectivity index (χ0n) is 30.0. The van der Waals surface area contributed by atoms with Crippen LogP contribution in [0, 0.1) is 0 Å². The Morgan fingerprint density at radius 3 is 2.32 bits per heavy atom. The number of alkyl halides is 3. The van der Waals surface area contributed by atoms with Crippen molar-refractivity contribution in [1.29, 1.82) is 0 Å². The van der Waals surface area contributed by atoms with Crippen molar-refractivity contribution < 1.29 is 32.3 Å². The highest BCUT2D eigenvalue weighted by atomic mass is 19.4. The van der Waals surface area contributed by atoms with Crippen LogP contribution in [-0.2, 0) is 40.6 Å². The summed E-state index contributed by atoms with van der Waals surface area (Å²) in [6, 6.07) is 14.7. The van der Waals surface area contributed by atoms with Crippen molar-refractivity contribution in [2.75, 3.05) is 18.4 Å². The molecule has 2 aliphatic rings. The van der Waals surface area contributed by atoms with E-state index in [4.69, 9.17) is 0 Å². The summed E-state index contributed by atoms with van der Waals surface area (Å²) in [6.45, 7) is -0.107. The summed E-state index contributed by atoms with van der Waals surface area (Å²) in [7, 11) is 0. The summed E-state index contributed by atoms with van der Waals surface area (Å²) in [6.07, 6.45) is 5.59. The maximum atomic E-state index is 13.7. The second-order valence-electron chi connectivity index (χ2n) is 13.5. The van der Waals surface area contributed by atoms with Crippen molar-refractivity contribution in [3.63, 3.8) is 0 Å². The van der Waals surface area contributed by atoms with E-state index in [2.05, 4.69) is 25.8 Å². The van der Waals surface area contributed by atoms with Gasteiger partial charge in [0.1, 0.15) is 13.1 Å². The molecule has 2 aliphatic heterocycles. The fourth-order valence-corrected chi connectivity index (χ4v) is 6.71. The standard InChI is InChI=1S/C39H36F3N9O5/c40-39(41,42)24-51-37(55)30(18-32(47-51)25-8-10-28(11-9-25)46-38(56)48-21-26-14-16-43-19-27(26)22-48)29-6-5-7-33-31(29)20-45-50(33)17-4-2-1-3-15-44-34(52)23-49-35(53)12-13-36(49)54/h5-14,16,18-20H,1-4,15,17,21-24H2,(H,44,52)(H,46,56). The van der Waals surface area contributed by atoms with Crippen molar-refractivity contribution in [2.45, 2.75) is 58.0 Å². The van der Waals surface area contributed by atoms with E-state index in [0.717, 1.165) is 47.4 Å². The number of pyridine rings is 1. The molecule has 56 heavy (non-hydrogen) atoms. The number of hydrogen-bond acceptors (Lipinski definition) is 8. The van der Waals surface area contributed by atoms with E-state index < -0.39 is 36.0 Å². The second kappa shape index (κ2) is 16.0. The maximum absolute atomic E-state index is 13.7. The minimum Gasteiger partial charge on any atom is -0.355 e. The molecule has 0 bridgehead atoms. The summed E-state index contributed by atoms with van der Waals surface area (Å²) in [4.78, 5) is 68.5. The molecule has 0 aliphatic carbocycles. The molecule has 17 heteroatoms. The molecule has 288 valence electrons. The molecule has 0 atom stereocenters. The van der Waals surface area contributed by atoms with Crippen molar-refractivity contribution in [3.8, 4) is 22.4 Å². The summed E-state index contributed by atoms with van der Waals surface area (Å²) in [5.41, 5.74) is 3.28. The summed E-state index contributed by atoms with van der Waals surface area (Å²) < 4.78 is 43.2. The van der Waals surface area contributed by atoms with Crippen LogP contribution in [0.1, 0.15) is 36.8 Å². The Hall–Kier alpha value is -6.65. The van der Waals surface area contributed by atoms with Gasteiger partial charge in [0.2, 0.25) is 5.91 Å². The number of nitrogens with one attached hydrogen (secondary N) is 2. The van der Waals surface area contributed by atoms with Crippen LogP contribution in [0.4, 0.5) is 23.7 Å². The lowest BCUT2D eigenvalue weighted by Crippen LogP contribution is -2.40. The van der Waals surface area contributed by atoms with Gasteiger partial charge in [-0.25, -0.2) is 9.48 Å². The fraction of sp³-hybridized carbons (Fsp3) is 0.282. The van der Waals surface area contributed by atoms with Gasteiger partial charge in [0.25, 0.3) is 17.4 Å². The van der Waals surface area contributed by atoms with E-state index in [1.807, 2.05) is 12.1 Å². The van der Waals surface area contributed by atoms with Crippen LogP contribution in [0.15, 0.2) is 90.1 Å². The largest absolute Gasteiger partial charge is 0.408 e. The number of carbonyl (C=O) groups is 4. The van der Waals surface area contributed by atoms with Crippen LogP contribution in [0.3, 0.4) is 0 Å². The van der Waals surface area contributed by atoms with Crippen LogP contribution >= 0.6 is 0 Å². The Morgan fingerprint density at radius 1 is 0.821 bits per heavy atom. The number of urea groups is 1. The Bertz CT molecular complexity index is 2360. The van der Waals surface area contributed by atoms with Crippen LogP contribution in [0.2, 0.25) is 0 Å². The minimum atomic E-state index is -4.71. The van der Waals surface area contributed by atoms with Gasteiger partial charge in [-0.15, -0.1) is 0 Å². The average molecular weight is 768 g/mol. The number of aryl methyl sites for hydroxylation is 1. The molecular weight excluding hydrogens is 731 g/mol. The lowest BCUT2D eigenvalue weighted by atomic mass is 10.0. The van der Waals surface area contributed by atoms with Crippen molar-refractivity contribution in [1.82, 2.24) is 39.7 Å². The number of halogens is 3. The second-order valence-corrected chi connectivity index (χ2v) is 13.5. The first-order chi connectivity index (χ1) is 26.9. The zero-order chi connectivity index (χ0) is 39.4. The number of rotatable bonds is 13. The molecule has 5 amide bonds. The predicted octanol–water partition coefficient (Wildman–Crippen LogP) is 5.03. The highest BCUT2D eigenvalue weighted by Gasteiger charge is 2.31. The first-order valence-electron chi connectivity index (χ1n) is 18.0. The van der Waals surface area contributed by atoms with Gasteiger partial charge >= 0.3 is 12.2 Å². The van der Waals surface area contributed by atoms with E-state index in [9.17, 15) is 37.1 Å². The number of benzene rings is 2. The zero-order valence-corrected chi connectivity index (χ0v) is 30.0. The number of anilines is 1. The van der Waals surface area contributed by atoms with E-state index in [0.29, 0.717) is 65.0 Å². The Balaban J connectivity index is 1.01. The van der Waals surface area contributed by atoms with E-state index >= 15 is 0 Å². The third kappa shape index (κ3) is 8.51. The lowest BCUT2D eigenvalue weighted by Gasteiger charge is -2.17. The van der Waals surface area contributed by atoms with Gasteiger partial charge in [0.05, 0.1) is 23.0 Å². The highest BCUT2D eigenvalue weighted by Crippen LogP contribution is 2.30. The normalized spacial score (nSPS) is 13.8. The van der Waals surface area contributed by atoms with Gasteiger partial charge in [0.15, 0.2) is 0 Å². The van der Waals surface area contributed by atoms with Crippen LogP contribution < -0.4 is 16.2 Å². The molecule has 0 saturated carbocycles. The molecule has 0 saturated heterocycles. The molecule has 2 aromatic carbocycles. The topological polar surface area (TPSA) is 164 Å².